The van der Waals surface area contributed by atoms with E-state index in [-0.39, 0.29) is 23.4 Å². The average molecular weight is 373 g/mol. The standard InChI is InChI=1S/C23H32O4/c1-13(2)17-10-11-23(5)19(17)8-9-21(27-15(4)24)14(3)18-7-6-16(22(25)26)12-20(18)23/h10,12-13,19-21H,6-9,11H2,1-5H3,(H,25,26). The summed E-state index contributed by atoms with van der Waals surface area (Å²) in [6, 6.07) is 0. The van der Waals surface area contributed by atoms with Crippen LogP contribution in [-0.2, 0) is 14.3 Å². The van der Waals surface area contributed by atoms with E-state index in [1.54, 1.807) is 0 Å². The molecule has 0 aliphatic heterocycles. The third kappa shape index (κ3) is 3.51. The van der Waals surface area contributed by atoms with E-state index in [0.29, 0.717) is 23.8 Å². The van der Waals surface area contributed by atoms with Crippen molar-refractivity contribution in [3.05, 3.63) is 34.4 Å². The van der Waals surface area contributed by atoms with Gasteiger partial charge in [-0.15, -0.1) is 0 Å². The Morgan fingerprint density at radius 3 is 2.56 bits per heavy atom. The second-order valence-corrected chi connectivity index (χ2v) is 8.98. The van der Waals surface area contributed by atoms with E-state index >= 15 is 0 Å². The second kappa shape index (κ2) is 7.29. The molecule has 27 heavy (non-hydrogen) atoms. The third-order valence-electron chi connectivity index (χ3n) is 7.05. The van der Waals surface area contributed by atoms with E-state index in [1.165, 1.54) is 18.1 Å². The summed E-state index contributed by atoms with van der Waals surface area (Å²) < 4.78 is 5.69. The Morgan fingerprint density at radius 2 is 1.96 bits per heavy atom. The predicted molar refractivity (Wildman–Crippen MR) is 105 cm³/mol. The van der Waals surface area contributed by atoms with Crippen LogP contribution in [0.2, 0.25) is 0 Å². The van der Waals surface area contributed by atoms with Crippen LogP contribution in [0.3, 0.4) is 0 Å². The minimum absolute atomic E-state index is 0.00148. The van der Waals surface area contributed by atoms with E-state index in [4.69, 9.17) is 4.74 Å². The number of hydrogen-bond donors (Lipinski definition) is 1. The van der Waals surface area contributed by atoms with Crippen LogP contribution < -0.4 is 0 Å². The normalized spacial score (nSPS) is 33.5. The molecule has 4 atom stereocenters. The van der Waals surface area contributed by atoms with Gasteiger partial charge in [0.05, 0.1) is 0 Å². The van der Waals surface area contributed by atoms with Gasteiger partial charge in [0.15, 0.2) is 0 Å². The van der Waals surface area contributed by atoms with Gasteiger partial charge in [0.25, 0.3) is 0 Å². The molecular weight excluding hydrogens is 340 g/mol. The molecule has 0 saturated heterocycles. The van der Waals surface area contributed by atoms with Gasteiger partial charge in [-0.3, -0.25) is 4.79 Å². The van der Waals surface area contributed by atoms with Crippen LogP contribution in [0.4, 0.5) is 0 Å². The molecule has 0 radical (unpaired) electrons. The van der Waals surface area contributed by atoms with Crippen molar-refractivity contribution in [2.75, 3.05) is 0 Å². The van der Waals surface area contributed by atoms with Crippen molar-refractivity contribution >= 4 is 11.9 Å². The molecule has 0 saturated carbocycles. The lowest BCUT2D eigenvalue weighted by molar-refractivity contribution is -0.145. The van der Waals surface area contributed by atoms with E-state index < -0.39 is 5.97 Å². The third-order valence-corrected chi connectivity index (χ3v) is 7.05. The summed E-state index contributed by atoms with van der Waals surface area (Å²) in [7, 11) is 0. The average Bonchev–Trinajstić information content (AvgIpc) is 2.94. The molecule has 0 aromatic heterocycles. The fourth-order valence-electron chi connectivity index (χ4n) is 5.59. The van der Waals surface area contributed by atoms with Crippen LogP contribution in [0.5, 0.6) is 0 Å². The van der Waals surface area contributed by atoms with Crippen molar-refractivity contribution < 1.29 is 19.4 Å². The summed E-state index contributed by atoms with van der Waals surface area (Å²) in [5.74, 6) is -0.0892. The molecule has 4 nitrogen and oxygen atoms in total. The summed E-state index contributed by atoms with van der Waals surface area (Å²) in [6.07, 6.45) is 8.27. The number of carboxylic acid groups (broad SMARTS) is 1. The Kier molecular flexibility index (Phi) is 5.38. The van der Waals surface area contributed by atoms with Crippen LogP contribution in [0.1, 0.15) is 66.7 Å². The monoisotopic (exact) mass is 372 g/mol. The summed E-state index contributed by atoms with van der Waals surface area (Å²) in [4.78, 5) is 23.4. The van der Waals surface area contributed by atoms with Gasteiger partial charge >= 0.3 is 11.9 Å². The minimum atomic E-state index is -0.805. The molecule has 3 aliphatic rings. The fourth-order valence-corrected chi connectivity index (χ4v) is 5.59. The van der Waals surface area contributed by atoms with E-state index in [0.717, 1.165) is 31.3 Å². The highest BCUT2D eigenvalue weighted by molar-refractivity contribution is 5.87. The highest BCUT2D eigenvalue weighted by Crippen LogP contribution is 2.58. The molecule has 0 fully saturated rings. The molecule has 0 spiro atoms. The molecule has 3 rings (SSSR count). The fraction of sp³-hybridized carbons (Fsp3) is 0.652. The molecule has 1 N–H and O–H groups in total. The molecule has 148 valence electrons. The van der Waals surface area contributed by atoms with Crippen molar-refractivity contribution in [3.63, 3.8) is 0 Å². The number of fused-ring (bicyclic) bond motifs is 3. The summed E-state index contributed by atoms with van der Waals surface area (Å²) in [6.45, 7) is 10.3. The van der Waals surface area contributed by atoms with E-state index in [1.807, 2.05) is 6.08 Å². The zero-order chi connectivity index (χ0) is 19.9. The van der Waals surface area contributed by atoms with Gasteiger partial charge < -0.3 is 9.84 Å². The molecule has 3 aliphatic carbocycles. The number of hydrogen-bond acceptors (Lipinski definition) is 3. The Hall–Kier alpha value is -1.84. The number of carbonyl (C=O) groups excluding carboxylic acids is 1. The number of carboxylic acids is 1. The number of esters is 1. The van der Waals surface area contributed by atoms with E-state index in [2.05, 4.69) is 33.8 Å². The van der Waals surface area contributed by atoms with E-state index in [9.17, 15) is 14.7 Å². The summed E-state index contributed by atoms with van der Waals surface area (Å²) >= 11 is 0. The van der Waals surface area contributed by atoms with Gasteiger partial charge in [-0.1, -0.05) is 44.1 Å². The number of aliphatic carboxylic acids is 1. The number of carbonyl (C=O) groups is 2. The first-order valence-electron chi connectivity index (χ1n) is 10.2. The number of allylic oxidation sites excluding steroid dienone is 4. The topological polar surface area (TPSA) is 63.6 Å². The smallest absolute Gasteiger partial charge is 0.331 e. The van der Waals surface area contributed by atoms with Crippen molar-refractivity contribution in [1.29, 1.82) is 0 Å². The quantitative estimate of drug-likeness (QED) is 0.556. The number of rotatable bonds is 3. The molecule has 0 bridgehead atoms. The van der Waals surface area contributed by atoms with Crippen LogP contribution in [0, 0.1) is 23.2 Å². The Bertz CT molecular complexity index is 739. The first-order valence-corrected chi connectivity index (χ1v) is 10.2. The number of ether oxygens (including phenoxy) is 1. The zero-order valence-corrected chi connectivity index (χ0v) is 17.2. The molecule has 0 aromatic carbocycles. The highest BCUT2D eigenvalue weighted by Gasteiger charge is 2.49. The van der Waals surface area contributed by atoms with Gasteiger partial charge in [0.1, 0.15) is 6.10 Å². The van der Waals surface area contributed by atoms with Crippen molar-refractivity contribution in [2.45, 2.75) is 72.8 Å². The first kappa shape index (κ1) is 19.9. The molecule has 0 amide bonds. The largest absolute Gasteiger partial charge is 0.478 e. The molecule has 0 heterocycles. The van der Waals surface area contributed by atoms with Gasteiger partial charge in [0, 0.05) is 18.4 Å². The van der Waals surface area contributed by atoms with Crippen molar-refractivity contribution in [3.8, 4) is 0 Å². The first-order chi connectivity index (χ1) is 12.6. The highest BCUT2D eigenvalue weighted by atomic mass is 16.5. The molecule has 4 unspecified atom stereocenters. The molecule has 0 aromatic rings. The maximum atomic E-state index is 11.7. The van der Waals surface area contributed by atoms with Crippen LogP contribution in [0.15, 0.2) is 34.4 Å². The SMILES string of the molecule is CC(=O)OC1CCC2C(C(C)C)=CCC2(C)C2C=C(C(=O)O)CCC2=C1C. The lowest BCUT2D eigenvalue weighted by atomic mass is 9.58. The predicted octanol–water partition coefficient (Wildman–Crippen LogP) is 5.06. The maximum absolute atomic E-state index is 11.7. The Labute approximate surface area is 162 Å². The second-order valence-electron chi connectivity index (χ2n) is 8.98. The van der Waals surface area contributed by atoms with Crippen molar-refractivity contribution in [2.24, 2.45) is 23.2 Å². The summed E-state index contributed by atoms with van der Waals surface area (Å²) in [5, 5.41) is 9.59. The summed E-state index contributed by atoms with van der Waals surface area (Å²) in [5.41, 5.74) is 4.43. The Balaban J connectivity index is 2.12. The minimum Gasteiger partial charge on any atom is -0.478 e. The molecule has 4 heteroatoms. The van der Waals surface area contributed by atoms with Crippen LogP contribution >= 0.6 is 0 Å². The lowest BCUT2D eigenvalue weighted by Gasteiger charge is -2.46. The van der Waals surface area contributed by atoms with Crippen LogP contribution in [0.25, 0.3) is 0 Å². The van der Waals surface area contributed by atoms with Gasteiger partial charge in [-0.05, 0) is 61.9 Å². The van der Waals surface area contributed by atoms with Crippen molar-refractivity contribution in [1.82, 2.24) is 0 Å². The van der Waals surface area contributed by atoms with Gasteiger partial charge in [0.2, 0.25) is 0 Å². The lowest BCUT2D eigenvalue weighted by Crippen LogP contribution is -2.39. The van der Waals surface area contributed by atoms with Crippen LogP contribution in [-0.4, -0.2) is 23.1 Å². The zero-order valence-electron chi connectivity index (χ0n) is 17.2. The van der Waals surface area contributed by atoms with Gasteiger partial charge in [-0.25, -0.2) is 4.79 Å². The van der Waals surface area contributed by atoms with Gasteiger partial charge in [-0.2, -0.15) is 0 Å². The Morgan fingerprint density at radius 1 is 1.26 bits per heavy atom. The molecular formula is C23H32O4. The maximum Gasteiger partial charge on any atom is 0.331 e.